The van der Waals surface area contributed by atoms with E-state index in [4.69, 9.17) is 4.79 Å². The Bertz CT molecular complexity index is 167. The summed E-state index contributed by atoms with van der Waals surface area (Å²) >= 11 is 6.66. The second-order valence-electron chi connectivity index (χ2n) is 2.47. The van der Waals surface area contributed by atoms with Crippen LogP contribution >= 0.6 is 25.3 Å². The van der Waals surface area contributed by atoms with Crippen molar-refractivity contribution >= 4 is 35.7 Å². The molecule has 70 valence electrons. The molecule has 1 rings (SSSR count). The zero-order valence-electron chi connectivity index (χ0n) is 6.49. The number of thiol groups is 2. The van der Waals surface area contributed by atoms with Crippen molar-refractivity contribution in [3.63, 3.8) is 0 Å². The lowest BCUT2D eigenvalue weighted by Gasteiger charge is -1.94. The van der Waals surface area contributed by atoms with Crippen molar-refractivity contribution in [1.82, 2.24) is 5.32 Å². The number of rotatable bonds is 2. The van der Waals surface area contributed by atoms with Crippen LogP contribution in [0.4, 0.5) is 9.59 Å². The van der Waals surface area contributed by atoms with Crippen LogP contribution < -0.4 is 11.1 Å². The lowest BCUT2D eigenvalue weighted by Crippen LogP contribution is -2.18. The molecule has 12 heavy (non-hydrogen) atoms. The predicted molar refractivity (Wildman–Crippen MR) is 53.7 cm³/mol. The van der Waals surface area contributed by atoms with E-state index in [1.54, 1.807) is 0 Å². The van der Waals surface area contributed by atoms with Gasteiger partial charge in [0.25, 0.3) is 10.5 Å². The van der Waals surface area contributed by atoms with Gasteiger partial charge in [0.05, 0.1) is 0 Å². The van der Waals surface area contributed by atoms with E-state index in [2.05, 4.69) is 36.3 Å². The molecule has 0 spiro atoms. The Morgan fingerprint density at radius 2 is 1.83 bits per heavy atom. The number of hydrogen-bond acceptors (Lipinski definition) is 2. The molecule has 0 unspecified atom stereocenters. The number of nitrogens with one attached hydrogen (secondary N) is 1. The normalized spacial score (nSPS) is 14.2. The average Bonchev–Trinajstić information content (AvgIpc) is 2.63. The Hall–Kier alpha value is -0.360. The maximum Gasteiger partial charge on any atom is 0.275 e. The maximum atomic E-state index is 10.1. The number of hydrogen-bond donors (Lipinski definition) is 4. The molecule has 0 bridgehead atoms. The van der Waals surface area contributed by atoms with Crippen LogP contribution in [-0.2, 0) is 0 Å². The highest BCUT2D eigenvalue weighted by molar-refractivity contribution is 7.96. The zero-order chi connectivity index (χ0) is 9.56. The van der Waals surface area contributed by atoms with Gasteiger partial charge in [-0.15, -0.1) is 0 Å². The fraction of sp³-hybridized carbons (Fsp3) is 0.667. The average molecular weight is 208 g/mol. The Labute approximate surface area is 82.1 Å². The van der Waals surface area contributed by atoms with Crippen LogP contribution in [0.3, 0.4) is 0 Å². The summed E-state index contributed by atoms with van der Waals surface area (Å²) in [5, 5.41) is 1.78. The summed E-state index contributed by atoms with van der Waals surface area (Å²) in [5.74, 6) is 0.756. The molecule has 3 N–H and O–H groups in total. The van der Waals surface area contributed by atoms with Gasteiger partial charge in [0.2, 0.25) is 0 Å². The summed E-state index contributed by atoms with van der Waals surface area (Å²) in [5.41, 5.74) is 4.34. The van der Waals surface area contributed by atoms with Crippen molar-refractivity contribution in [3.8, 4) is 0 Å². The molecule has 0 radical (unpaired) electrons. The van der Waals surface area contributed by atoms with E-state index >= 15 is 0 Å². The first-order chi connectivity index (χ1) is 5.52. The summed E-state index contributed by atoms with van der Waals surface area (Å²) in [6, 6.07) is 0. The van der Waals surface area contributed by atoms with E-state index in [1.807, 2.05) is 0 Å². The molecule has 1 fully saturated rings. The number of nitrogens with two attached hydrogens (primary N) is 1. The fourth-order valence-corrected chi connectivity index (χ4v) is 0.645. The Morgan fingerprint density at radius 3 is 2.08 bits per heavy atom. The summed E-state index contributed by atoms with van der Waals surface area (Å²) in [7, 11) is 0. The van der Waals surface area contributed by atoms with Gasteiger partial charge in [-0.1, -0.05) is 25.3 Å². The monoisotopic (exact) mass is 208 g/mol. The fourth-order valence-electron chi connectivity index (χ4n) is 0.554. The third-order valence-electron chi connectivity index (χ3n) is 1.24. The summed E-state index contributed by atoms with van der Waals surface area (Å²) in [4.78, 5) is 19.2. The maximum absolute atomic E-state index is 10.1. The van der Waals surface area contributed by atoms with E-state index in [1.165, 1.54) is 12.8 Å². The van der Waals surface area contributed by atoms with Crippen molar-refractivity contribution < 1.29 is 9.59 Å². The molecule has 0 saturated heterocycles. The minimum atomic E-state index is -0.639. The van der Waals surface area contributed by atoms with E-state index < -0.39 is 5.24 Å². The first-order valence-electron chi connectivity index (χ1n) is 3.47. The minimum Gasteiger partial charge on any atom is -0.361 e. The SMILES string of the molecule is NC(=O)S.O=C(S)NCC1CC1. The lowest BCUT2D eigenvalue weighted by atomic mass is 10.4. The van der Waals surface area contributed by atoms with Crippen LogP contribution in [0.1, 0.15) is 12.8 Å². The number of amides is 2. The third kappa shape index (κ3) is 12.3. The van der Waals surface area contributed by atoms with Crippen molar-refractivity contribution in [2.24, 2.45) is 11.7 Å². The van der Waals surface area contributed by atoms with Gasteiger partial charge in [0, 0.05) is 6.54 Å². The molecule has 1 aliphatic carbocycles. The van der Waals surface area contributed by atoms with E-state index in [0.29, 0.717) is 0 Å². The van der Waals surface area contributed by atoms with Crippen LogP contribution in [-0.4, -0.2) is 17.0 Å². The van der Waals surface area contributed by atoms with Gasteiger partial charge < -0.3 is 11.1 Å². The Balaban J connectivity index is 0.000000261. The highest BCUT2D eigenvalue weighted by Gasteiger charge is 2.20. The molecule has 4 nitrogen and oxygen atoms in total. The predicted octanol–water partition coefficient (Wildman–Crippen LogP) is 1.03. The molecule has 6 heteroatoms. The van der Waals surface area contributed by atoms with E-state index in [9.17, 15) is 4.79 Å². The first-order valence-corrected chi connectivity index (χ1v) is 4.37. The number of carbonyl (C=O) groups is 2. The Kier molecular flexibility index (Phi) is 6.00. The van der Waals surface area contributed by atoms with Crippen molar-refractivity contribution in [3.05, 3.63) is 0 Å². The van der Waals surface area contributed by atoms with Gasteiger partial charge >= 0.3 is 0 Å². The zero-order valence-corrected chi connectivity index (χ0v) is 8.28. The van der Waals surface area contributed by atoms with E-state index in [0.717, 1.165) is 12.5 Å². The van der Waals surface area contributed by atoms with Crippen LogP contribution in [0.15, 0.2) is 0 Å². The molecule has 2 amide bonds. The molecule has 0 aromatic heterocycles. The minimum absolute atomic E-state index is 0.211. The highest BCUT2D eigenvalue weighted by Crippen LogP contribution is 2.27. The van der Waals surface area contributed by atoms with Crippen molar-refractivity contribution in [2.75, 3.05) is 6.54 Å². The summed E-state index contributed by atoms with van der Waals surface area (Å²) in [6.07, 6.45) is 2.54. The molecule has 0 heterocycles. The first kappa shape index (κ1) is 11.6. The van der Waals surface area contributed by atoms with E-state index in [-0.39, 0.29) is 5.24 Å². The number of carbonyl (C=O) groups excluding carboxylic acids is 2. The van der Waals surface area contributed by atoms with Crippen LogP contribution in [0, 0.1) is 5.92 Å². The smallest absolute Gasteiger partial charge is 0.275 e. The topological polar surface area (TPSA) is 72.2 Å². The van der Waals surface area contributed by atoms with Crippen LogP contribution in [0.2, 0.25) is 0 Å². The molecular weight excluding hydrogens is 196 g/mol. The van der Waals surface area contributed by atoms with Gasteiger partial charge in [-0.3, -0.25) is 9.59 Å². The van der Waals surface area contributed by atoms with Gasteiger partial charge in [-0.05, 0) is 18.8 Å². The molecule has 1 saturated carbocycles. The number of primary amides is 1. The van der Waals surface area contributed by atoms with Crippen molar-refractivity contribution in [1.29, 1.82) is 0 Å². The highest BCUT2D eigenvalue weighted by atomic mass is 32.1. The molecule has 0 aliphatic heterocycles. The second-order valence-corrected chi connectivity index (χ2v) is 3.31. The van der Waals surface area contributed by atoms with Gasteiger partial charge in [-0.25, -0.2) is 0 Å². The summed E-state index contributed by atoms with van der Waals surface area (Å²) < 4.78 is 0. The molecule has 0 aromatic carbocycles. The standard InChI is InChI=1S/C5H9NOS.CH3NOS/c7-5(8)6-3-4-1-2-4;2-1(3)4/h4H,1-3H2,(H2,6,7,8);(H3,2,3,4). The Morgan fingerprint density at radius 1 is 1.42 bits per heavy atom. The van der Waals surface area contributed by atoms with Gasteiger partial charge in [0.15, 0.2) is 0 Å². The third-order valence-corrected chi connectivity index (χ3v) is 1.40. The summed E-state index contributed by atoms with van der Waals surface area (Å²) in [6.45, 7) is 0.822. The van der Waals surface area contributed by atoms with Crippen LogP contribution in [0.25, 0.3) is 0 Å². The molecule has 0 aromatic rings. The molecule has 1 aliphatic rings. The van der Waals surface area contributed by atoms with Crippen molar-refractivity contribution in [2.45, 2.75) is 12.8 Å². The quantitative estimate of drug-likeness (QED) is 0.512. The van der Waals surface area contributed by atoms with Gasteiger partial charge in [0.1, 0.15) is 0 Å². The second kappa shape index (κ2) is 6.19. The molecule has 0 atom stereocenters. The van der Waals surface area contributed by atoms with Crippen LogP contribution in [0.5, 0.6) is 0 Å². The lowest BCUT2D eigenvalue weighted by molar-refractivity contribution is 0.260. The largest absolute Gasteiger partial charge is 0.361 e. The van der Waals surface area contributed by atoms with Gasteiger partial charge in [-0.2, -0.15) is 0 Å². The molecular formula is C6H12N2O2S2.